The van der Waals surface area contributed by atoms with Gasteiger partial charge in [0.1, 0.15) is 17.3 Å². The normalized spacial score (nSPS) is 21.1. The highest BCUT2D eigenvalue weighted by atomic mass is 19.1. The number of benzene rings is 1. The van der Waals surface area contributed by atoms with Crippen LogP contribution in [0.2, 0.25) is 0 Å². The molecule has 0 radical (unpaired) electrons. The summed E-state index contributed by atoms with van der Waals surface area (Å²) in [6.07, 6.45) is 7.20. The molecule has 2 atom stereocenters. The number of hydrogen-bond acceptors (Lipinski definition) is 7. The van der Waals surface area contributed by atoms with Crippen molar-refractivity contribution in [3.63, 3.8) is 0 Å². The van der Waals surface area contributed by atoms with Crippen LogP contribution in [0.5, 0.6) is 0 Å². The smallest absolute Gasteiger partial charge is 0.255 e. The lowest BCUT2D eigenvalue weighted by Crippen LogP contribution is -2.52. The summed E-state index contributed by atoms with van der Waals surface area (Å²) >= 11 is 0. The van der Waals surface area contributed by atoms with Crippen molar-refractivity contribution in [1.82, 2.24) is 34.6 Å². The first-order chi connectivity index (χ1) is 21.8. The van der Waals surface area contributed by atoms with Crippen LogP contribution in [0.3, 0.4) is 0 Å². The standard InChI is InChI=1S/C34H40F2N8O/c1-20(2)44-21(3)14-26-27(35)15-24(16-30(26)44)32-28(36)18-39-34(41-32)40-31-5-4-22(17-38-31)33(45)42-12-9-29-23(19-42)8-13-43(29)25-6-10-37-11-7-25/h4-5,14-18,20,23,25,29,37H,6-13,19H2,1-3H3,(H,38,39,40,41). The number of hydrogen-bond donors (Lipinski definition) is 2. The molecule has 6 heterocycles. The fourth-order valence-electron chi connectivity index (χ4n) is 7.75. The minimum Gasteiger partial charge on any atom is -0.342 e. The van der Waals surface area contributed by atoms with Crippen molar-refractivity contribution in [2.45, 2.75) is 64.6 Å². The second kappa shape index (κ2) is 12.1. The molecule has 3 aliphatic rings. The minimum absolute atomic E-state index is 0.00746. The highest BCUT2D eigenvalue weighted by Gasteiger charge is 2.42. The molecule has 0 spiro atoms. The quantitative estimate of drug-likeness (QED) is 0.288. The zero-order chi connectivity index (χ0) is 31.2. The summed E-state index contributed by atoms with van der Waals surface area (Å²) in [4.78, 5) is 31.0. The van der Waals surface area contributed by atoms with E-state index in [0.717, 1.165) is 57.5 Å². The predicted octanol–water partition coefficient (Wildman–Crippen LogP) is 5.69. The van der Waals surface area contributed by atoms with Crippen molar-refractivity contribution >= 4 is 28.6 Å². The molecular formula is C34H40F2N8O. The van der Waals surface area contributed by atoms with Gasteiger partial charge in [0.05, 0.1) is 17.3 Å². The van der Waals surface area contributed by atoms with Crippen LogP contribution in [-0.4, -0.2) is 80.0 Å². The van der Waals surface area contributed by atoms with Crippen LogP contribution in [0.15, 0.2) is 42.7 Å². The summed E-state index contributed by atoms with van der Waals surface area (Å²) < 4.78 is 32.1. The zero-order valence-corrected chi connectivity index (χ0v) is 26.1. The maximum absolute atomic E-state index is 15.1. The largest absolute Gasteiger partial charge is 0.342 e. The highest BCUT2D eigenvalue weighted by Crippen LogP contribution is 2.35. The van der Waals surface area contributed by atoms with Gasteiger partial charge in [-0.15, -0.1) is 0 Å². The van der Waals surface area contributed by atoms with E-state index in [9.17, 15) is 9.18 Å². The van der Waals surface area contributed by atoms with Crippen LogP contribution < -0.4 is 10.6 Å². The van der Waals surface area contributed by atoms with E-state index in [1.54, 1.807) is 30.5 Å². The number of carbonyl (C=O) groups excluding carboxylic acids is 1. The van der Waals surface area contributed by atoms with Crippen LogP contribution in [0.1, 0.15) is 61.6 Å². The Labute approximate surface area is 262 Å². The number of pyridine rings is 1. The molecule has 4 aromatic rings. The highest BCUT2D eigenvalue weighted by molar-refractivity contribution is 5.94. The van der Waals surface area contributed by atoms with Gasteiger partial charge < -0.3 is 20.1 Å². The molecule has 3 fully saturated rings. The Morgan fingerprint density at radius 2 is 1.82 bits per heavy atom. The molecular weight excluding hydrogens is 574 g/mol. The lowest BCUT2D eigenvalue weighted by molar-refractivity contribution is 0.0521. The molecule has 3 saturated heterocycles. The van der Waals surface area contributed by atoms with Gasteiger partial charge >= 0.3 is 0 Å². The van der Waals surface area contributed by atoms with Gasteiger partial charge in [0.15, 0.2) is 5.82 Å². The van der Waals surface area contributed by atoms with Crippen LogP contribution in [0, 0.1) is 24.5 Å². The van der Waals surface area contributed by atoms with Crippen molar-refractivity contribution in [2.24, 2.45) is 5.92 Å². The van der Waals surface area contributed by atoms with E-state index < -0.39 is 11.6 Å². The van der Waals surface area contributed by atoms with Gasteiger partial charge in [-0.3, -0.25) is 9.69 Å². The second-order valence-corrected chi connectivity index (χ2v) is 13.0. The van der Waals surface area contributed by atoms with Crippen LogP contribution in [-0.2, 0) is 0 Å². The number of rotatable bonds is 6. The van der Waals surface area contributed by atoms with Gasteiger partial charge in [-0.25, -0.2) is 23.7 Å². The molecule has 45 heavy (non-hydrogen) atoms. The number of amides is 1. The molecule has 9 nitrogen and oxygen atoms in total. The number of halogens is 2. The number of aryl methyl sites for hydroxylation is 1. The molecule has 2 unspecified atom stereocenters. The summed E-state index contributed by atoms with van der Waals surface area (Å²) in [7, 11) is 0. The third-order valence-corrected chi connectivity index (χ3v) is 9.83. The van der Waals surface area contributed by atoms with Crippen LogP contribution in [0.25, 0.3) is 22.2 Å². The third-order valence-electron chi connectivity index (χ3n) is 9.83. The van der Waals surface area contributed by atoms with Gasteiger partial charge in [0.25, 0.3) is 5.91 Å². The van der Waals surface area contributed by atoms with Crippen LogP contribution >= 0.6 is 0 Å². The summed E-state index contributed by atoms with van der Waals surface area (Å²) in [5.74, 6) is -0.0398. The Morgan fingerprint density at radius 1 is 1.00 bits per heavy atom. The molecule has 3 aliphatic heterocycles. The van der Waals surface area contributed by atoms with Gasteiger partial charge in [0.2, 0.25) is 5.95 Å². The number of likely N-dealkylation sites (tertiary alicyclic amines) is 2. The van der Waals surface area contributed by atoms with Crippen molar-refractivity contribution in [3.05, 3.63) is 65.6 Å². The lowest BCUT2D eigenvalue weighted by Gasteiger charge is -2.42. The van der Waals surface area contributed by atoms with Gasteiger partial charge in [-0.05, 0) is 102 Å². The Hall–Kier alpha value is -3.96. The Balaban J connectivity index is 1.04. The van der Waals surface area contributed by atoms with E-state index in [1.807, 2.05) is 30.2 Å². The first kappa shape index (κ1) is 29.7. The molecule has 0 aliphatic carbocycles. The van der Waals surface area contributed by atoms with Gasteiger partial charge in [-0.2, -0.15) is 0 Å². The number of nitrogens with zero attached hydrogens (tertiary/aromatic N) is 6. The number of piperidine rings is 2. The Kier molecular flexibility index (Phi) is 7.99. The summed E-state index contributed by atoms with van der Waals surface area (Å²) in [5.41, 5.74) is 2.45. The fourth-order valence-corrected chi connectivity index (χ4v) is 7.75. The SMILES string of the molecule is Cc1cc2c(F)cc(-c3nc(Nc4ccc(C(=O)N5CCC6C(CCN6C6CCNCC6)C5)cn4)ncc3F)cc2n1C(C)C. The first-order valence-electron chi connectivity index (χ1n) is 16.1. The van der Waals surface area contributed by atoms with E-state index in [1.165, 1.54) is 18.9 Å². The van der Waals surface area contributed by atoms with E-state index in [0.29, 0.717) is 45.8 Å². The molecule has 1 aromatic carbocycles. The van der Waals surface area contributed by atoms with Crippen molar-refractivity contribution < 1.29 is 13.6 Å². The van der Waals surface area contributed by atoms with Crippen molar-refractivity contribution in [3.8, 4) is 11.3 Å². The second-order valence-electron chi connectivity index (χ2n) is 13.0. The Morgan fingerprint density at radius 3 is 2.58 bits per heavy atom. The zero-order valence-electron chi connectivity index (χ0n) is 26.1. The van der Waals surface area contributed by atoms with Crippen LogP contribution in [0.4, 0.5) is 20.5 Å². The van der Waals surface area contributed by atoms with E-state index in [2.05, 4.69) is 30.5 Å². The first-order valence-corrected chi connectivity index (χ1v) is 16.1. The van der Waals surface area contributed by atoms with Gasteiger partial charge in [-0.1, -0.05) is 0 Å². The van der Waals surface area contributed by atoms with Gasteiger partial charge in [0, 0.05) is 54.1 Å². The summed E-state index contributed by atoms with van der Waals surface area (Å²) in [5, 5.41) is 6.96. The third kappa shape index (κ3) is 5.68. The molecule has 0 bridgehead atoms. The molecule has 1 amide bonds. The molecule has 3 aromatic heterocycles. The monoisotopic (exact) mass is 614 g/mol. The summed E-state index contributed by atoms with van der Waals surface area (Å²) in [6.45, 7) is 10.8. The number of aromatic nitrogens is 4. The average molecular weight is 615 g/mol. The maximum Gasteiger partial charge on any atom is 0.255 e. The predicted molar refractivity (Wildman–Crippen MR) is 171 cm³/mol. The maximum atomic E-state index is 15.1. The lowest BCUT2D eigenvalue weighted by atomic mass is 9.91. The van der Waals surface area contributed by atoms with E-state index in [-0.39, 0.29) is 23.6 Å². The number of carbonyl (C=O) groups is 1. The molecule has 236 valence electrons. The number of nitrogens with one attached hydrogen (secondary N) is 2. The average Bonchev–Trinajstić information content (AvgIpc) is 3.63. The summed E-state index contributed by atoms with van der Waals surface area (Å²) in [6, 6.07) is 9.66. The number of anilines is 2. The van der Waals surface area contributed by atoms with E-state index >= 15 is 4.39 Å². The molecule has 0 saturated carbocycles. The number of fused-ring (bicyclic) bond motifs is 2. The molecule has 7 rings (SSSR count). The topological polar surface area (TPSA) is 91.2 Å². The molecule has 11 heteroatoms. The fraction of sp³-hybridized carbons (Fsp3) is 0.471. The van der Waals surface area contributed by atoms with Crippen molar-refractivity contribution in [2.75, 3.05) is 38.0 Å². The van der Waals surface area contributed by atoms with E-state index in [4.69, 9.17) is 0 Å². The minimum atomic E-state index is -0.655. The Bertz CT molecular complexity index is 1720. The van der Waals surface area contributed by atoms with Crippen molar-refractivity contribution in [1.29, 1.82) is 0 Å². The molecule has 2 N–H and O–H groups in total.